The number of thiophene rings is 1. The van der Waals surface area contributed by atoms with Crippen molar-refractivity contribution in [3.8, 4) is 11.1 Å². The van der Waals surface area contributed by atoms with E-state index in [2.05, 4.69) is 50.8 Å². The van der Waals surface area contributed by atoms with Gasteiger partial charge in [0.05, 0.1) is 12.2 Å². The zero-order valence-electron chi connectivity index (χ0n) is 10.7. The molecule has 5 heteroatoms. The van der Waals surface area contributed by atoms with Crippen molar-refractivity contribution < 1.29 is 0 Å². The molecule has 102 valence electrons. The average Bonchev–Trinajstić information content (AvgIpc) is 3.11. The summed E-state index contributed by atoms with van der Waals surface area (Å²) in [5.74, 6) is 0. The van der Waals surface area contributed by atoms with E-state index in [0.717, 1.165) is 10.0 Å². The quantitative estimate of drug-likeness (QED) is 0.777. The fourth-order valence-electron chi connectivity index (χ4n) is 2.15. The van der Waals surface area contributed by atoms with Crippen LogP contribution in [0.2, 0.25) is 0 Å². The maximum Gasteiger partial charge on any atom is 0.0982 e. The van der Waals surface area contributed by atoms with E-state index in [9.17, 15) is 0 Å². The van der Waals surface area contributed by atoms with Crippen molar-refractivity contribution in [1.29, 1.82) is 0 Å². The van der Waals surface area contributed by atoms with Crippen LogP contribution in [0.5, 0.6) is 0 Å². The minimum absolute atomic E-state index is 0.0868. The fraction of sp³-hybridized carbons (Fsp3) is 0.133. The van der Waals surface area contributed by atoms with Crippen molar-refractivity contribution in [2.24, 2.45) is 5.73 Å². The number of benzene rings is 1. The molecule has 0 spiro atoms. The molecular formula is C15H14BrN3S. The van der Waals surface area contributed by atoms with Gasteiger partial charge in [0, 0.05) is 33.0 Å². The number of nitrogens with zero attached hydrogens (tertiary/aromatic N) is 2. The van der Waals surface area contributed by atoms with Crippen LogP contribution in [-0.2, 0) is 0 Å². The van der Waals surface area contributed by atoms with Crippen LogP contribution in [0.1, 0.15) is 10.9 Å². The molecule has 3 aromatic rings. The van der Waals surface area contributed by atoms with Crippen LogP contribution in [0.4, 0.5) is 0 Å². The lowest BCUT2D eigenvalue weighted by Gasteiger charge is -2.13. The Morgan fingerprint density at radius 3 is 2.70 bits per heavy atom. The highest BCUT2D eigenvalue weighted by molar-refractivity contribution is 9.10. The van der Waals surface area contributed by atoms with E-state index in [1.807, 2.05) is 29.1 Å². The number of hydrogen-bond donors (Lipinski definition) is 1. The number of hydrogen-bond acceptors (Lipinski definition) is 3. The van der Waals surface area contributed by atoms with Crippen molar-refractivity contribution in [2.45, 2.75) is 6.04 Å². The van der Waals surface area contributed by atoms with Crippen molar-refractivity contribution in [3.63, 3.8) is 0 Å². The Kier molecular flexibility index (Phi) is 4.00. The summed E-state index contributed by atoms with van der Waals surface area (Å²) >= 11 is 5.18. The Hall–Kier alpha value is -1.43. The van der Waals surface area contributed by atoms with Gasteiger partial charge in [-0.15, -0.1) is 11.3 Å². The number of rotatable bonds is 4. The van der Waals surface area contributed by atoms with Crippen LogP contribution in [0.15, 0.2) is 58.6 Å². The van der Waals surface area contributed by atoms with E-state index in [1.165, 1.54) is 10.4 Å². The fourth-order valence-corrected chi connectivity index (χ4v) is 3.70. The molecule has 0 radical (unpaired) electrons. The van der Waals surface area contributed by atoms with Gasteiger partial charge < -0.3 is 5.73 Å². The minimum atomic E-state index is 0.0868. The number of halogens is 1. The maximum atomic E-state index is 5.92. The second kappa shape index (κ2) is 5.91. The largest absolute Gasteiger partial charge is 0.328 e. The Labute approximate surface area is 130 Å². The van der Waals surface area contributed by atoms with Gasteiger partial charge in [-0.1, -0.05) is 30.3 Å². The molecule has 1 atom stereocenters. The van der Waals surface area contributed by atoms with Gasteiger partial charge in [-0.2, -0.15) is 5.10 Å². The summed E-state index contributed by atoms with van der Waals surface area (Å²) in [6.45, 7) is 0.531. The van der Waals surface area contributed by atoms with E-state index >= 15 is 0 Å². The lowest BCUT2D eigenvalue weighted by molar-refractivity contribution is 0.540. The number of nitrogens with two attached hydrogens (primary N) is 1. The van der Waals surface area contributed by atoms with E-state index in [1.54, 1.807) is 11.3 Å². The zero-order valence-corrected chi connectivity index (χ0v) is 13.1. The molecular weight excluding hydrogens is 334 g/mol. The highest BCUT2D eigenvalue weighted by Gasteiger charge is 2.15. The second-order valence-corrected chi connectivity index (χ2v) is 6.35. The third-order valence-corrected chi connectivity index (χ3v) is 4.96. The Bertz CT molecular complexity index is 690. The normalized spacial score (nSPS) is 12.5. The standard InChI is InChI=1S/C15H14BrN3S/c16-13-6-15(20-10-13)14(7-17)19-9-12(8-18-19)11-4-2-1-3-5-11/h1-6,8-10,14H,7,17H2. The van der Waals surface area contributed by atoms with Crippen LogP contribution in [0.3, 0.4) is 0 Å². The Morgan fingerprint density at radius 2 is 2.05 bits per heavy atom. The van der Waals surface area contributed by atoms with Crippen LogP contribution < -0.4 is 5.73 Å². The first-order valence-electron chi connectivity index (χ1n) is 6.31. The van der Waals surface area contributed by atoms with E-state index in [4.69, 9.17) is 5.73 Å². The van der Waals surface area contributed by atoms with Crippen LogP contribution in [0, 0.1) is 0 Å². The lowest BCUT2D eigenvalue weighted by atomic mass is 10.1. The van der Waals surface area contributed by atoms with Gasteiger partial charge in [0.1, 0.15) is 0 Å². The third-order valence-electron chi connectivity index (χ3n) is 3.17. The molecule has 3 nitrogen and oxygen atoms in total. The van der Waals surface area contributed by atoms with E-state index in [-0.39, 0.29) is 6.04 Å². The molecule has 2 aromatic heterocycles. The first-order chi connectivity index (χ1) is 9.78. The Morgan fingerprint density at radius 1 is 1.25 bits per heavy atom. The second-order valence-electron chi connectivity index (χ2n) is 4.49. The molecule has 3 rings (SSSR count). The molecule has 20 heavy (non-hydrogen) atoms. The molecule has 0 aliphatic heterocycles. The van der Waals surface area contributed by atoms with Crippen molar-refractivity contribution in [2.75, 3.05) is 6.54 Å². The highest BCUT2D eigenvalue weighted by Crippen LogP contribution is 2.28. The molecule has 0 amide bonds. The summed E-state index contributed by atoms with van der Waals surface area (Å²) in [7, 11) is 0. The maximum absolute atomic E-state index is 5.92. The van der Waals surface area contributed by atoms with Gasteiger partial charge in [-0.3, -0.25) is 4.68 Å². The molecule has 2 N–H and O–H groups in total. The molecule has 1 aromatic carbocycles. The van der Waals surface area contributed by atoms with E-state index in [0.29, 0.717) is 6.54 Å². The van der Waals surface area contributed by atoms with Gasteiger partial charge in [-0.25, -0.2) is 0 Å². The molecule has 0 saturated heterocycles. The van der Waals surface area contributed by atoms with Gasteiger partial charge in [0.25, 0.3) is 0 Å². The first kappa shape index (κ1) is 13.5. The van der Waals surface area contributed by atoms with Crippen molar-refractivity contribution >= 4 is 27.3 Å². The van der Waals surface area contributed by atoms with Gasteiger partial charge in [0.2, 0.25) is 0 Å². The van der Waals surface area contributed by atoms with Crippen molar-refractivity contribution in [1.82, 2.24) is 9.78 Å². The summed E-state index contributed by atoms with van der Waals surface area (Å²) < 4.78 is 3.03. The minimum Gasteiger partial charge on any atom is -0.328 e. The molecule has 2 heterocycles. The molecule has 0 aliphatic rings. The van der Waals surface area contributed by atoms with Crippen molar-refractivity contribution in [3.05, 3.63) is 63.5 Å². The third kappa shape index (κ3) is 2.70. The van der Waals surface area contributed by atoms with Crippen LogP contribution >= 0.6 is 27.3 Å². The lowest BCUT2D eigenvalue weighted by Crippen LogP contribution is -2.19. The summed E-state index contributed by atoms with van der Waals surface area (Å²) in [6, 6.07) is 12.4. The topological polar surface area (TPSA) is 43.8 Å². The molecule has 0 saturated carbocycles. The molecule has 0 bridgehead atoms. The molecule has 0 fully saturated rings. The van der Waals surface area contributed by atoms with Crippen LogP contribution in [-0.4, -0.2) is 16.3 Å². The summed E-state index contributed by atoms with van der Waals surface area (Å²) in [5.41, 5.74) is 8.20. The first-order valence-corrected chi connectivity index (χ1v) is 7.99. The zero-order chi connectivity index (χ0) is 13.9. The Balaban J connectivity index is 1.92. The predicted molar refractivity (Wildman–Crippen MR) is 86.9 cm³/mol. The average molecular weight is 348 g/mol. The van der Waals surface area contributed by atoms with Gasteiger partial charge in [0.15, 0.2) is 0 Å². The molecule has 0 aliphatic carbocycles. The smallest absolute Gasteiger partial charge is 0.0982 e. The molecule has 1 unspecified atom stereocenters. The monoisotopic (exact) mass is 347 g/mol. The predicted octanol–water partition coefficient (Wildman–Crippen LogP) is 3.92. The van der Waals surface area contributed by atoms with Gasteiger partial charge in [-0.05, 0) is 27.6 Å². The summed E-state index contributed by atoms with van der Waals surface area (Å²) in [6.07, 6.45) is 3.95. The summed E-state index contributed by atoms with van der Waals surface area (Å²) in [4.78, 5) is 1.21. The van der Waals surface area contributed by atoms with Crippen LogP contribution in [0.25, 0.3) is 11.1 Å². The van der Waals surface area contributed by atoms with Gasteiger partial charge >= 0.3 is 0 Å². The SMILES string of the molecule is NCC(c1cc(Br)cs1)n1cc(-c2ccccc2)cn1. The highest BCUT2D eigenvalue weighted by atomic mass is 79.9. The summed E-state index contributed by atoms with van der Waals surface area (Å²) in [5, 5.41) is 6.55. The number of aromatic nitrogens is 2. The van der Waals surface area contributed by atoms with E-state index < -0.39 is 0 Å².